The summed E-state index contributed by atoms with van der Waals surface area (Å²) in [5, 5.41) is 12.5. The van der Waals surface area contributed by atoms with Crippen molar-refractivity contribution < 1.29 is 9.47 Å². The average Bonchev–Trinajstić information content (AvgIpc) is 2.46. The van der Waals surface area contributed by atoms with Crippen LogP contribution in [0, 0.1) is 11.3 Å². The number of hydrogen-bond acceptors (Lipinski definition) is 4. The molecule has 1 N–H and O–H groups in total. The first-order valence-electron chi connectivity index (χ1n) is 7.56. The highest BCUT2D eigenvalue weighted by Crippen LogP contribution is 2.14. The fourth-order valence-corrected chi connectivity index (χ4v) is 2.27. The lowest BCUT2D eigenvalue weighted by Crippen LogP contribution is -2.41. The quantitative estimate of drug-likeness (QED) is 0.653. The fourth-order valence-electron chi connectivity index (χ4n) is 2.27. The average molecular weight is 268 g/mol. The number of nitriles is 1. The number of rotatable bonds is 9. The molecule has 0 amide bonds. The summed E-state index contributed by atoms with van der Waals surface area (Å²) in [4.78, 5) is 0. The van der Waals surface area contributed by atoms with Crippen molar-refractivity contribution in [1.29, 1.82) is 5.26 Å². The summed E-state index contributed by atoms with van der Waals surface area (Å²) in [6, 6.07) is 2.36. The molecular formula is C15H28N2O2. The predicted octanol–water partition coefficient (Wildman–Crippen LogP) is 2.63. The Hall–Kier alpha value is -0.630. The molecule has 0 bridgehead atoms. The summed E-state index contributed by atoms with van der Waals surface area (Å²) in [7, 11) is 0. The lowest BCUT2D eigenvalue weighted by molar-refractivity contribution is -0.0414. The van der Waals surface area contributed by atoms with Gasteiger partial charge >= 0.3 is 0 Å². The molecule has 1 heterocycles. The van der Waals surface area contributed by atoms with Gasteiger partial charge in [-0.25, -0.2) is 0 Å². The van der Waals surface area contributed by atoms with E-state index in [1.54, 1.807) is 0 Å². The van der Waals surface area contributed by atoms with Crippen LogP contribution in [0.5, 0.6) is 0 Å². The highest BCUT2D eigenvalue weighted by molar-refractivity contribution is 5.03. The Morgan fingerprint density at radius 3 is 2.95 bits per heavy atom. The van der Waals surface area contributed by atoms with Gasteiger partial charge in [0.25, 0.3) is 0 Å². The molecule has 0 radical (unpaired) electrons. The minimum atomic E-state index is -0.416. The maximum Gasteiger partial charge on any atom is 0.104 e. The van der Waals surface area contributed by atoms with Crippen LogP contribution in [0.2, 0.25) is 0 Å². The second kappa shape index (κ2) is 9.30. The van der Waals surface area contributed by atoms with Gasteiger partial charge in [-0.05, 0) is 52.0 Å². The van der Waals surface area contributed by atoms with Crippen LogP contribution in [0.1, 0.15) is 52.4 Å². The van der Waals surface area contributed by atoms with Crippen molar-refractivity contribution in [2.45, 2.75) is 64.0 Å². The third kappa shape index (κ3) is 6.91. The van der Waals surface area contributed by atoms with Gasteiger partial charge in [-0.1, -0.05) is 6.92 Å². The Labute approximate surface area is 117 Å². The Kier molecular flexibility index (Phi) is 8.04. The molecular weight excluding hydrogens is 240 g/mol. The van der Waals surface area contributed by atoms with Gasteiger partial charge in [0.05, 0.1) is 18.8 Å². The summed E-state index contributed by atoms with van der Waals surface area (Å²) in [6.45, 7) is 7.25. The Balaban J connectivity index is 2.06. The van der Waals surface area contributed by atoms with Crippen molar-refractivity contribution in [3.8, 4) is 6.07 Å². The number of nitrogens with one attached hydrogen (secondary N) is 1. The van der Waals surface area contributed by atoms with Gasteiger partial charge in [-0.3, -0.25) is 5.32 Å². The van der Waals surface area contributed by atoms with Gasteiger partial charge in [-0.15, -0.1) is 0 Å². The van der Waals surface area contributed by atoms with Gasteiger partial charge in [0, 0.05) is 13.2 Å². The second-order valence-electron chi connectivity index (χ2n) is 5.54. The molecule has 0 saturated carbocycles. The van der Waals surface area contributed by atoms with Crippen LogP contribution in [-0.2, 0) is 9.47 Å². The molecule has 1 saturated heterocycles. The molecule has 0 aromatic rings. The first-order chi connectivity index (χ1) is 9.20. The smallest absolute Gasteiger partial charge is 0.104 e. The van der Waals surface area contributed by atoms with E-state index in [0.717, 1.165) is 38.8 Å². The monoisotopic (exact) mass is 268 g/mol. The maximum atomic E-state index is 9.20. The molecule has 0 spiro atoms. The van der Waals surface area contributed by atoms with Crippen LogP contribution >= 0.6 is 0 Å². The van der Waals surface area contributed by atoms with E-state index in [9.17, 15) is 5.26 Å². The minimum absolute atomic E-state index is 0.286. The first-order valence-corrected chi connectivity index (χ1v) is 7.56. The van der Waals surface area contributed by atoms with Crippen LogP contribution in [0.25, 0.3) is 0 Å². The molecule has 2 atom stereocenters. The Morgan fingerprint density at radius 1 is 1.47 bits per heavy atom. The lowest BCUT2D eigenvalue weighted by Gasteiger charge is -2.24. The topological polar surface area (TPSA) is 54.3 Å². The highest BCUT2D eigenvalue weighted by Gasteiger charge is 2.22. The van der Waals surface area contributed by atoms with Crippen LogP contribution in [0.15, 0.2) is 0 Å². The largest absolute Gasteiger partial charge is 0.379 e. The molecule has 4 heteroatoms. The zero-order valence-corrected chi connectivity index (χ0v) is 12.4. The van der Waals surface area contributed by atoms with E-state index >= 15 is 0 Å². The molecule has 19 heavy (non-hydrogen) atoms. The Morgan fingerprint density at radius 2 is 2.32 bits per heavy atom. The van der Waals surface area contributed by atoms with E-state index in [-0.39, 0.29) is 6.10 Å². The van der Waals surface area contributed by atoms with Gasteiger partial charge < -0.3 is 9.47 Å². The molecule has 1 aliphatic heterocycles. The zero-order chi connectivity index (χ0) is 14.0. The molecule has 1 fully saturated rings. The van der Waals surface area contributed by atoms with Gasteiger partial charge in [0.15, 0.2) is 0 Å². The van der Waals surface area contributed by atoms with Crippen LogP contribution in [0.3, 0.4) is 0 Å². The summed E-state index contributed by atoms with van der Waals surface area (Å²) in [6.07, 6.45) is 6.62. The van der Waals surface area contributed by atoms with Crippen molar-refractivity contribution in [1.82, 2.24) is 5.32 Å². The van der Waals surface area contributed by atoms with Crippen molar-refractivity contribution in [3.05, 3.63) is 0 Å². The van der Waals surface area contributed by atoms with E-state index < -0.39 is 5.54 Å². The van der Waals surface area contributed by atoms with Crippen molar-refractivity contribution in [2.75, 3.05) is 26.4 Å². The lowest BCUT2D eigenvalue weighted by atomic mass is 9.98. The minimum Gasteiger partial charge on any atom is -0.379 e. The van der Waals surface area contributed by atoms with E-state index in [1.807, 2.05) is 6.92 Å². The highest BCUT2D eigenvalue weighted by atomic mass is 16.5. The summed E-state index contributed by atoms with van der Waals surface area (Å²) in [5.41, 5.74) is -0.416. The normalized spacial score (nSPS) is 22.7. The molecule has 1 rings (SSSR count). The number of nitrogens with zero attached hydrogens (tertiary/aromatic N) is 1. The van der Waals surface area contributed by atoms with E-state index in [0.29, 0.717) is 13.2 Å². The van der Waals surface area contributed by atoms with Crippen molar-refractivity contribution in [3.63, 3.8) is 0 Å². The zero-order valence-electron chi connectivity index (χ0n) is 12.4. The first kappa shape index (κ1) is 16.4. The van der Waals surface area contributed by atoms with E-state index in [1.165, 1.54) is 12.8 Å². The molecule has 0 aromatic heterocycles. The molecule has 110 valence electrons. The van der Waals surface area contributed by atoms with Gasteiger partial charge in [0.1, 0.15) is 5.54 Å². The third-order valence-electron chi connectivity index (χ3n) is 3.56. The third-order valence-corrected chi connectivity index (χ3v) is 3.56. The fraction of sp³-hybridized carbons (Fsp3) is 0.933. The second-order valence-corrected chi connectivity index (χ2v) is 5.54. The van der Waals surface area contributed by atoms with Crippen molar-refractivity contribution in [2.24, 2.45) is 0 Å². The SMILES string of the molecule is CCCNC(C)(C#N)CCCOCC1CCCCO1. The van der Waals surface area contributed by atoms with Gasteiger partial charge in [-0.2, -0.15) is 5.26 Å². The Bertz CT molecular complexity index is 272. The van der Waals surface area contributed by atoms with Crippen molar-refractivity contribution >= 4 is 0 Å². The summed E-state index contributed by atoms with van der Waals surface area (Å²) >= 11 is 0. The summed E-state index contributed by atoms with van der Waals surface area (Å²) in [5.74, 6) is 0. The predicted molar refractivity (Wildman–Crippen MR) is 76.0 cm³/mol. The van der Waals surface area contributed by atoms with Crippen LogP contribution < -0.4 is 5.32 Å². The number of ether oxygens (including phenoxy) is 2. The maximum absolute atomic E-state index is 9.20. The number of hydrogen-bond donors (Lipinski definition) is 1. The van der Waals surface area contributed by atoms with Crippen LogP contribution in [0.4, 0.5) is 0 Å². The molecule has 4 nitrogen and oxygen atoms in total. The standard InChI is InChI=1S/C15H28N2O2/c1-3-9-17-15(2,13-16)8-6-10-18-12-14-7-4-5-11-19-14/h14,17H,3-12H2,1-2H3. The van der Waals surface area contributed by atoms with Crippen LogP contribution in [-0.4, -0.2) is 38.0 Å². The molecule has 2 unspecified atom stereocenters. The summed E-state index contributed by atoms with van der Waals surface area (Å²) < 4.78 is 11.3. The molecule has 1 aliphatic rings. The molecule has 0 aromatic carbocycles. The van der Waals surface area contributed by atoms with E-state index in [4.69, 9.17) is 9.47 Å². The molecule has 0 aliphatic carbocycles. The van der Waals surface area contributed by atoms with Gasteiger partial charge in [0.2, 0.25) is 0 Å². The van der Waals surface area contributed by atoms with E-state index in [2.05, 4.69) is 18.3 Å².